The quantitative estimate of drug-likeness (QED) is 0.672. The molecule has 0 saturated carbocycles. The summed E-state index contributed by atoms with van der Waals surface area (Å²) in [5.74, 6) is 1.77. The van der Waals surface area contributed by atoms with Gasteiger partial charge in [0.1, 0.15) is 0 Å². The molecule has 1 aliphatic carbocycles. The predicted octanol–water partition coefficient (Wildman–Crippen LogP) is 3.15. The molecule has 0 bridgehead atoms. The lowest BCUT2D eigenvalue weighted by atomic mass is 10.1. The third-order valence-corrected chi connectivity index (χ3v) is 6.48. The van der Waals surface area contributed by atoms with Crippen molar-refractivity contribution in [1.82, 2.24) is 19.6 Å². The number of aryl methyl sites for hydroxylation is 1. The fourth-order valence-corrected chi connectivity index (χ4v) is 4.62. The van der Waals surface area contributed by atoms with Crippen molar-refractivity contribution in [2.24, 2.45) is 5.73 Å². The number of benzene rings is 1. The third kappa shape index (κ3) is 3.59. The summed E-state index contributed by atoms with van der Waals surface area (Å²) < 4.78 is 1.83. The zero-order valence-corrected chi connectivity index (χ0v) is 18.0. The predicted molar refractivity (Wildman–Crippen MR) is 120 cm³/mol. The lowest BCUT2D eigenvalue weighted by Gasteiger charge is -2.30. The molecule has 31 heavy (non-hydrogen) atoms. The van der Waals surface area contributed by atoms with E-state index in [1.165, 1.54) is 11.1 Å². The Morgan fingerprint density at radius 3 is 2.74 bits per heavy atom. The van der Waals surface area contributed by atoms with Crippen molar-refractivity contribution in [2.75, 3.05) is 23.3 Å². The van der Waals surface area contributed by atoms with Crippen molar-refractivity contribution in [3.8, 4) is 6.07 Å². The van der Waals surface area contributed by atoms with Crippen molar-refractivity contribution in [2.45, 2.75) is 57.5 Å². The Labute approximate surface area is 182 Å². The molecule has 160 valence electrons. The third-order valence-electron chi connectivity index (χ3n) is 6.48. The molecule has 1 unspecified atom stereocenters. The van der Waals surface area contributed by atoms with E-state index in [4.69, 9.17) is 15.7 Å². The van der Waals surface area contributed by atoms with E-state index in [-0.39, 0.29) is 12.1 Å². The van der Waals surface area contributed by atoms with Crippen LogP contribution in [0, 0.1) is 11.3 Å². The molecule has 3 N–H and O–H groups in total. The largest absolute Gasteiger partial charge is 0.347 e. The summed E-state index contributed by atoms with van der Waals surface area (Å²) >= 11 is 0. The highest BCUT2D eigenvalue weighted by Gasteiger charge is 2.26. The molecule has 0 spiro atoms. The monoisotopic (exact) mass is 416 g/mol. The molecular weight excluding hydrogens is 388 g/mol. The van der Waals surface area contributed by atoms with Gasteiger partial charge in [0, 0.05) is 24.7 Å². The van der Waals surface area contributed by atoms with Crippen molar-refractivity contribution in [1.29, 1.82) is 5.26 Å². The van der Waals surface area contributed by atoms with Gasteiger partial charge in [0.25, 0.3) is 0 Å². The summed E-state index contributed by atoms with van der Waals surface area (Å²) in [4.78, 5) is 12.0. The highest BCUT2D eigenvalue weighted by molar-refractivity contribution is 5.57. The van der Waals surface area contributed by atoms with Gasteiger partial charge in [-0.3, -0.25) is 0 Å². The summed E-state index contributed by atoms with van der Waals surface area (Å²) in [5, 5.41) is 17.4. The molecule has 1 aromatic carbocycles. The number of fused-ring (bicyclic) bond motifs is 2. The van der Waals surface area contributed by atoms with Crippen molar-refractivity contribution in [3.63, 3.8) is 0 Å². The van der Waals surface area contributed by atoms with Crippen LogP contribution in [0.5, 0.6) is 0 Å². The standard InChI is InChI=1S/C23H28N8/c1-14(2)19-13-26-31-21(19)28-22(30-9-7-17(25)8-10-30)29-23(31)27-20-6-4-16-11-15(12-24)3-5-18(16)20/h3,5,11,13-14,17,20H,4,6-10,25H2,1-2H3,(H,27,28,29). The van der Waals surface area contributed by atoms with E-state index in [1.54, 1.807) is 0 Å². The normalized spacial score (nSPS) is 19.1. The van der Waals surface area contributed by atoms with Crippen LogP contribution in [0.3, 0.4) is 0 Å². The second-order valence-corrected chi connectivity index (χ2v) is 8.92. The van der Waals surface area contributed by atoms with Crippen LogP contribution < -0.4 is 16.0 Å². The van der Waals surface area contributed by atoms with Gasteiger partial charge in [0.2, 0.25) is 11.9 Å². The van der Waals surface area contributed by atoms with E-state index in [1.807, 2.05) is 22.8 Å². The first kappa shape index (κ1) is 19.8. The highest BCUT2D eigenvalue weighted by Crippen LogP contribution is 2.35. The van der Waals surface area contributed by atoms with Crippen molar-refractivity contribution < 1.29 is 0 Å². The maximum absolute atomic E-state index is 9.20. The summed E-state index contributed by atoms with van der Waals surface area (Å²) in [5.41, 5.74) is 11.2. The van der Waals surface area contributed by atoms with Gasteiger partial charge in [-0.1, -0.05) is 19.9 Å². The Morgan fingerprint density at radius 1 is 1.19 bits per heavy atom. The van der Waals surface area contributed by atoms with Crippen LogP contribution in [0.1, 0.15) is 67.3 Å². The fraction of sp³-hybridized carbons (Fsp3) is 0.478. The molecule has 2 aliphatic rings. The van der Waals surface area contributed by atoms with Crippen LogP contribution in [0.15, 0.2) is 24.4 Å². The molecule has 0 radical (unpaired) electrons. The van der Waals surface area contributed by atoms with Gasteiger partial charge in [-0.25, -0.2) is 0 Å². The molecule has 8 heteroatoms. The van der Waals surface area contributed by atoms with Gasteiger partial charge in [0.05, 0.1) is 23.9 Å². The number of nitrogens with zero attached hydrogens (tertiary/aromatic N) is 6. The molecule has 5 rings (SSSR count). The maximum Gasteiger partial charge on any atom is 0.230 e. The van der Waals surface area contributed by atoms with E-state index < -0.39 is 0 Å². The first-order valence-electron chi connectivity index (χ1n) is 11.1. The summed E-state index contributed by atoms with van der Waals surface area (Å²) in [6, 6.07) is 8.58. The van der Waals surface area contributed by atoms with E-state index in [0.717, 1.165) is 55.9 Å². The fourth-order valence-electron chi connectivity index (χ4n) is 4.62. The van der Waals surface area contributed by atoms with Crippen molar-refractivity contribution in [3.05, 3.63) is 46.6 Å². The number of nitrogens with two attached hydrogens (primary N) is 1. The lowest BCUT2D eigenvalue weighted by Crippen LogP contribution is -2.40. The first-order valence-corrected chi connectivity index (χ1v) is 11.1. The number of hydrogen-bond acceptors (Lipinski definition) is 7. The molecule has 1 atom stereocenters. The number of rotatable bonds is 4. The minimum absolute atomic E-state index is 0.134. The minimum Gasteiger partial charge on any atom is -0.347 e. The number of hydrogen-bond donors (Lipinski definition) is 2. The SMILES string of the molecule is CC(C)c1cnn2c(NC3CCc4cc(C#N)ccc43)nc(N3CCC(N)CC3)nc12. The van der Waals surface area contributed by atoms with E-state index >= 15 is 0 Å². The van der Waals surface area contributed by atoms with Crippen LogP contribution in [0.4, 0.5) is 11.9 Å². The maximum atomic E-state index is 9.20. The van der Waals surface area contributed by atoms with Crippen LogP contribution in [0.2, 0.25) is 0 Å². The first-order chi connectivity index (χ1) is 15.0. The van der Waals surface area contributed by atoms with Gasteiger partial charge < -0.3 is 16.0 Å². The van der Waals surface area contributed by atoms with Crippen LogP contribution in [-0.2, 0) is 6.42 Å². The second kappa shape index (κ2) is 7.82. The molecule has 3 heterocycles. The Kier molecular flexibility index (Phi) is 4.98. The van der Waals surface area contributed by atoms with Gasteiger partial charge in [0.15, 0.2) is 5.65 Å². The Morgan fingerprint density at radius 2 is 2.00 bits per heavy atom. The topological polar surface area (TPSA) is 108 Å². The smallest absolute Gasteiger partial charge is 0.230 e. The van der Waals surface area contributed by atoms with E-state index in [0.29, 0.717) is 17.4 Å². The van der Waals surface area contributed by atoms with Crippen LogP contribution in [0.25, 0.3) is 5.65 Å². The molecule has 1 aliphatic heterocycles. The number of nitriles is 1. The van der Waals surface area contributed by atoms with Crippen LogP contribution >= 0.6 is 0 Å². The molecule has 8 nitrogen and oxygen atoms in total. The number of aromatic nitrogens is 4. The summed E-state index contributed by atoms with van der Waals surface area (Å²) in [6.07, 6.45) is 5.71. The highest BCUT2D eigenvalue weighted by atomic mass is 15.4. The van der Waals surface area contributed by atoms with E-state index in [9.17, 15) is 5.26 Å². The molecular formula is C23H28N8. The van der Waals surface area contributed by atoms with Gasteiger partial charge in [-0.15, -0.1) is 0 Å². The Bertz CT molecular complexity index is 1150. The number of anilines is 2. The average molecular weight is 417 g/mol. The van der Waals surface area contributed by atoms with Crippen molar-refractivity contribution >= 4 is 17.5 Å². The number of nitrogens with one attached hydrogen (secondary N) is 1. The van der Waals surface area contributed by atoms with Gasteiger partial charge in [-0.2, -0.15) is 24.8 Å². The Hall–Kier alpha value is -3.18. The Balaban J connectivity index is 1.53. The van der Waals surface area contributed by atoms with Crippen LogP contribution in [-0.4, -0.2) is 38.7 Å². The summed E-state index contributed by atoms with van der Waals surface area (Å²) in [6.45, 7) is 6.05. The zero-order valence-electron chi connectivity index (χ0n) is 18.0. The van der Waals surface area contributed by atoms with Gasteiger partial charge >= 0.3 is 0 Å². The molecule has 1 saturated heterocycles. The number of piperidine rings is 1. The van der Waals surface area contributed by atoms with Gasteiger partial charge in [-0.05, 0) is 54.9 Å². The average Bonchev–Trinajstić information content (AvgIpc) is 3.38. The summed E-state index contributed by atoms with van der Waals surface area (Å²) in [7, 11) is 0. The molecule has 0 amide bonds. The molecule has 2 aromatic heterocycles. The lowest BCUT2D eigenvalue weighted by molar-refractivity contribution is 0.495. The second-order valence-electron chi connectivity index (χ2n) is 8.92. The molecule has 1 fully saturated rings. The minimum atomic E-state index is 0.134. The van der Waals surface area contributed by atoms with E-state index in [2.05, 4.69) is 41.3 Å². The molecule has 3 aromatic rings. The zero-order chi connectivity index (χ0) is 21.5.